The SMILES string of the molecule is O=C(CCc1cnn(-c2ccccc2)c1)NCC1(c2cccc(Br)c2)CCOCC1. The van der Waals surface area contributed by atoms with E-state index in [-0.39, 0.29) is 11.3 Å². The standard InChI is InChI=1S/C24H26BrN3O2/c25-21-6-4-5-20(15-21)24(11-13-30-14-12-24)18-26-23(29)10-9-19-16-27-28(17-19)22-7-2-1-3-8-22/h1-8,15-17H,9-14,18H2,(H,26,29). The van der Waals surface area contributed by atoms with Crippen molar-refractivity contribution in [2.45, 2.75) is 31.1 Å². The maximum Gasteiger partial charge on any atom is 0.220 e. The number of para-hydroxylation sites is 1. The Kier molecular flexibility index (Phi) is 6.65. The molecule has 3 aromatic rings. The molecule has 1 fully saturated rings. The molecule has 4 rings (SSSR count). The first-order valence-corrected chi connectivity index (χ1v) is 11.1. The van der Waals surface area contributed by atoms with Crippen LogP contribution in [-0.2, 0) is 21.4 Å². The van der Waals surface area contributed by atoms with Crippen molar-refractivity contribution in [3.8, 4) is 5.69 Å². The van der Waals surface area contributed by atoms with Crippen LogP contribution >= 0.6 is 15.9 Å². The van der Waals surface area contributed by atoms with Gasteiger partial charge in [0.25, 0.3) is 0 Å². The van der Waals surface area contributed by atoms with Gasteiger partial charge in [0.1, 0.15) is 0 Å². The lowest BCUT2D eigenvalue weighted by Crippen LogP contribution is -2.44. The van der Waals surface area contributed by atoms with E-state index in [1.54, 1.807) is 0 Å². The summed E-state index contributed by atoms with van der Waals surface area (Å²) in [7, 11) is 0. The Hall–Kier alpha value is -2.44. The molecule has 5 nitrogen and oxygen atoms in total. The van der Waals surface area contributed by atoms with Crippen molar-refractivity contribution >= 4 is 21.8 Å². The van der Waals surface area contributed by atoms with Gasteiger partial charge in [0.05, 0.1) is 11.9 Å². The fraction of sp³-hybridized carbons (Fsp3) is 0.333. The van der Waals surface area contributed by atoms with Gasteiger partial charge in [-0.15, -0.1) is 0 Å². The highest BCUT2D eigenvalue weighted by atomic mass is 79.9. The zero-order chi connectivity index (χ0) is 20.8. The molecule has 1 aliphatic rings. The third-order valence-corrected chi connectivity index (χ3v) is 6.30. The number of rotatable bonds is 7. The van der Waals surface area contributed by atoms with E-state index in [2.05, 4.69) is 44.5 Å². The number of ether oxygens (including phenoxy) is 1. The number of aromatic nitrogens is 2. The molecule has 0 saturated carbocycles. The Bertz CT molecular complexity index is 981. The number of amides is 1. The van der Waals surface area contributed by atoms with Crippen molar-refractivity contribution < 1.29 is 9.53 Å². The zero-order valence-electron chi connectivity index (χ0n) is 16.9. The van der Waals surface area contributed by atoms with Crippen LogP contribution in [0.25, 0.3) is 5.69 Å². The molecular weight excluding hydrogens is 442 g/mol. The second-order valence-electron chi connectivity index (χ2n) is 7.81. The van der Waals surface area contributed by atoms with Crippen LogP contribution in [0.2, 0.25) is 0 Å². The summed E-state index contributed by atoms with van der Waals surface area (Å²) in [5, 5.41) is 7.59. The number of nitrogens with zero attached hydrogens (tertiary/aromatic N) is 2. The molecule has 6 heteroatoms. The van der Waals surface area contributed by atoms with Gasteiger partial charge in [-0.2, -0.15) is 5.10 Å². The molecule has 0 atom stereocenters. The van der Waals surface area contributed by atoms with E-state index in [1.807, 2.05) is 53.5 Å². The topological polar surface area (TPSA) is 56.2 Å². The quantitative estimate of drug-likeness (QED) is 0.558. The molecule has 1 N–H and O–H groups in total. The van der Waals surface area contributed by atoms with Crippen LogP contribution in [0.4, 0.5) is 0 Å². The molecule has 0 spiro atoms. The van der Waals surface area contributed by atoms with Crippen LogP contribution in [0.15, 0.2) is 71.5 Å². The molecule has 2 aromatic carbocycles. The normalized spacial score (nSPS) is 15.6. The van der Waals surface area contributed by atoms with Gasteiger partial charge < -0.3 is 10.1 Å². The average molecular weight is 468 g/mol. The highest BCUT2D eigenvalue weighted by molar-refractivity contribution is 9.10. The van der Waals surface area contributed by atoms with E-state index < -0.39 is 0 Å². The molecule has 156 valence electrons. The molecule has 30 heavy (non-hydrogen) atoms. The molecule has 0 aliphatic carbocycles. The van der Waals surface area contributed by atoms with E-state index in [1.165, 1.54) is 5.56 Å². The van der Waals surface area contributed by atoms with Gasteiger partial charge >= 0.3 is 0 Å². The van der Waals surface area contributed by atoms with E-state index in [4.69, 9.17) is 4.74 Å². The average Bonchev–Trinajstić information content (AvgIpc) is 3.27. The monoisotopic (exact) mass is 467 g/mol. The summed E-state index contributed by atoms with van der Waals surface area (Å²) in [6.45, 7) is 2.08. The van der Waals surface area contributed by atoms with Crippen LogP contribution in [0.5, 0.6) is 0 Å². The Labute approximate surface area is 185 Å². The van der Waals surface area contributed by atoms with Gasteiger partial charge in [-0.25, -0.2) is 4.68 Å². The minimum absolute atomic E-state index is 0.0725. The minimum atomic E-state index is -0.0735. The minimum Gasteiger partial charge on any atom is -0.381 e. The summed E-state index contributed by atoms with van der Waals surface area (Å²) in [5.74, 6) is 0.0725. The lowest BCUT2D eigenvalue weighted by atomic mass is 9.74. The van der Waals surface area contributed by atoms with Crippen molar-refractivity contribution in [3.63, 3.8) is 0 Å². The maximum absolute atomic E-state index is 12.6. The number of carbonyl (C=O) groups is 1. The van der Waals surface area contributed by atoms with E-state index in [9.17, 15) is 4.79 Å². The third kappa shape index (κ3) is 4.99. The van der Waals surface area contributed by atoms with Crippen LogP contribution in [0.1, 0.15) is 30.4 Å². The van der Waals surface area contributed by atoms with Crippen molar-refractivity contribution in [1.29, 1.82) is 0 Å². The van der Waals surface area contributed by atoms with Gasteiger partial charge in [0.2, 0.25) is 5.91 Å². The molecule has 1 aliphatic heterocycles. The Morgan fingerprint density at radius 2 is 1.93 bits per heavy atom. The zero-order valence-corrected chi connectivity index (χ0v) is 18.5. The molecular formula is C24H26BrN3O2. The van der Waals surface area contributed by atoms with Crippen molar-refractivity contribution in [3.05, 3.63) is 82.6 Å². The fourth-order valence-electron chi connectivity index (χ4n) is 3.97. The lowest BCUT2D eigenvalue weighted by molar-refractivity contribution is -0.121. The summed E-state index contributed by atoms with van der Waals surface area (Å²) in [6, 6.07) is 18.4. The summed E-state index contributed by atoms with van der Waals surface area (Å²) in [6.07, 6.45) is 6.77. The van der Waals surface area contributed by atoms with Crippen LogP contribution in [0, 0.1) is 0 Å². The first-order chi connectivity index (χ1) is 14.6. The molecule has 1 aromatic heterocycles. The third-order valence-electron chi connectivity index (χ3n) is 5.81. The van der Waals surface area contributed by atoms with Crippen molar-refractivity contribution in [2.75, 3.05) is 19.8 Å². The van der Waals surface area contributed by atoms with Gasteiger partial charge in [0.15, 0.2) is 0 Å². The summed E-state index contributed by atoms with van der Waals surface area (Å²) in [5.41, 5.74) is 3.26. The van der Waals surface area contributed by atoms with Gasteiger partial charge in [-0.1, -0.05) is 46.3 Å². The largest absolute Gasteiger partial charge is 0.381 e. The molecule has 1 saturated heterocycles. The van der Waals surface area contributed by atoms with Gasteiger partial charge in [-0.05, 0) is 54.7 Å². The van der Waals surface area contributed by atoms with E-state index in [0.717, 1.165) is 41.8 Å². The van der Waals surface area contributed by atoms with Crippen molar-refractivity contribution in [2.24, 2.45) is 0 Å². The highest BCUT2D eigenvalue weighted by Crippen LogP contribution is 2.35. The van der Waals surface area contributed by atoms with Crippen LogP contribution < -0.4 is 5.32 Å². The first-order valence-electron chi connectivity index (χ1n) is 10.3. The smallest absolute Gasteiger partial charge is 0.220 e. The number of carbonyl (C=O) groups excluding carboxylic acids is 1. The molecule has 0 unspecified atom stereocenters. The van der Waals surface area contributed by atoms with Crippen LogP contribution in [0.3, 0.4) is 0 Å². The molecule has 2 heterocycles. The fourth-order valence-corrected chi connectivity index (χ4v) is 4.37. The van der Waals surface area contributed by atoms with Crippen molar-refractivity contribution in [1.82, 2.24) is 15.1 Å². The number of halogens is 1. The second-order valence-corrected chi connectivity index (χ2v) is 8.72. The van der Waals surface area contributed by atoms with E-state index >= 15 is 0 Å². The number of benzene rings is 2. The second kappa shape index (κ2) is 9.58. The Morgan fingerprint density at radius 1 is 1.13 bits per heavy atom. The predicted molar refractivity (Wildman–Crippen MR) is 121 cm³/mol. The summed E-state index contributed by atoms with van der Waals surface area (Å²) >= 11 is 3.58. The van der Waals surface area contributed by atoms with Gasteiger partial charge in [0, 0.05) is 42.3 Å². The lowest BCUT2D eigenvalue weighted by Gasteiger charge is -2.38. The Balaban J connectivity index is 1.35. The highest BCUT2D eigenvalue weighted by Gasteiger charge is 2.34. The number of aryl methyl sites for hydroxylation is 1. The predicted octanol–water partition coefficient (Wildman–Crippen LogP) is 4.43. The number of nitrogens with one attached hydrogen (secondary N) is 1. The Morgan fingerprint density at radius 3 is 2.70 bits per heavy atom. The summed E-state index contributed by atoms with van der Waals surface area (Å²) < 4.78 is 8.50. The number of hydrogen-bond acceptors (Lipinski definition) is 3. The van der Waals surface area contributed by atoms with Gasteiger partial charge in [-0.3, -0.25) is 4.79 Å². The molecule has 0 radical (unpaired) electrons. The molecule has 0 bridgehead atoms. The molecule has 1 amide bonds. The van der Waals surface area contributed by atoms with Crippen LogP contribution in [-0.4, -0.2) is 35.4 Å². The first kappa shape index (κ1) is 20.8. The summed E-state index contributed by atoms with van der Waals surface area (Å²) in [4.78, 5) is 12.6. The number of hydrogen-bond donors (Lipinski definition) is 1. The van der Waals surface area contributed by atoms with E-state index in [0.29, 0.717) is 19.4 Å². The maximum atomic E-state index is 12.6.